The van der Waals surface area contributed by atoms with E-state index in [9.17, 15) is 19.2 Å². The topological polar surface area (TPSA) is 137 Å². The number of amides is 2. The van der Waals surface area contributed by atoms with Crippen LogP contribution in [0.1, 0.15) is 207 Å². The molecule has 0 aliphatic rings. The molecule has 0 fully saturated rings. The van der Waals surface area contributed by atoms with Crippen LogP contribution in [0.15, 0.2) is 30.3 Å². The van der Waals surface area contributed by atoms with Crippen molar-refractivity contribution in [2.75, 3.05) is 32.8 Å². The van der Waals surface area contributed by atoms with E-state index in [1.807, 2.05) is 30.3 Å². The normalized spacial score (nSPS) is 12.7. The zero-order valence-corrected chi connectivity index (χ0v) is 38.8. The predicted octanol–water partition coefficient (Wildman–Crippen LogP) is 12.0. The van der Waals surface area contributed by atoms with Gasteiger partial charge >= 0.3 is 18.0 Å². The molecule has 3 atom stereocenters. The molecule has 10 nitrogen and oxygen atoms in total. The van der Waals surface area contributed by atoms with Crippen molar-refractivity contribution >= 4 is 23.9 Å². The van der Waals surface area contributed by atoms with Crippen LogP contribution in [0, 0.1) is 11.8 Å². The van der Waals surface area contributed by atoms with E-state index in [1.54, 1.807) is 4.90 Å². The van der Waals surface area contributed by atoms with Crippen molar-refractivity contribution in [2.24, 2.45) is 17.6 Å². The van der Waals surface area contributed by atoms with Gasteiger partial charge in [0.2, 0.25) is 5.91 Å². The number of nitrogens with one attached hydrogen (secondary N) is 1. The third-order valence-electron chi connectivity index (χ3n) is 11.6. The molecule has 1 aromatic carbocycles. The van der Waals surface area contributed by atoms with Crippen LogP contribution in [0.2, 0.25) is 0 Å². The molecule has 0 saturated heterocycles. The lowest BCUT2D eigenvalue weighted by atomic mass is 9.94. The zero-order valence-electron chi connectivity index (χ0n) is 38.8. The zero-order chi connectivity index (χ0) is 43.9. The van der Waals surface area contributed by atoms with Crippen LogP contribution in [-0.2, 0) is 35.2 Å². The van der Waals surface area contributed by atoms with Gasteiger partial charge in [-0.25, -0.2) is 4.79 Å². The molecule has 3 N–H and O–H groups in total. The first kappa shape index (κ1) is 54.9. The summed E-state index contributed by atoms with van der Waals surface area (Å²) in [5.41, 5.74) is 7.38. The van der Waals surface area contributed by atoms with Crippen molar-refractivity contribution in [3.8, 4) is 0 Å². The minimum absolute atomic E-state index is 0.0697. The number of nitrogens with two attached hydrogens (primary N) is 1. The highest BCUT2D eigenvalue weighted by molar-refractivity contribution is 5.81. The number of carbonyl (C=O) groups is 4. The molecule has 0 saturated carbocycles. The van der Waals surface area contributed by atoms with Gasteiger partial charge in [0.1, 0.15) is 19.8 Å². The van der Waals surface area contributed by atoms with Crippen molar-refractivity contribution in [3.63, 3.8) is 0 Å². The van der Waals surface area contributed by atoms with Gasteiger partial charge < -0.3 is 30.2 Å². The van der Waals surface area contributed by atoms with Gasteiger partial charge in [0.15, 0.2) is 0 Å². The van der Waals surface area contributed by atoms with Gasteiger partial charge in [0, 0.05) is 6.54 Å². The van der Waals surface area contributed by atoms with E-state index >= 15 is 0 Å². The molecule has 1 rings (SSSR count). The minimum atomic E-state index is -0.778. The molecule has 0 radical (unpaired) electrons. The lowest BCUT2D eigenvalue weighted by Gasteiger charge is -2.26. The molecule has 2 amide bonds. The van der Waals surface area contributed by atoms with Crippen LogP contribution >= 0.6 is 0 Å². The number of hydrogen-bond acceptors (Lipinski definition) is 8. The second kappa shape index (κ2) is 38.8. The molecule has 346 valence electrons. The second-order valence-electron chi connectivity index (χ2n) is 17.0. The Morgan fingerprint density at radius 2 is 0.933 bits per heavy atom. The summed E-state index contributed by atoms with van der Waals surface area (Å²) in [4.78, 5) is 54.4. The van der Waals surface area contributed by atoms with E-state index in [0.717, 1.165) is 108 Å². The van der Waals surface area contributed by atoms with Crippen molar-refractivity contribution in [3.05, 3.63) is 35.9 Å². The second-order valence-corrected chi connectivity index (χ2v) is 17.0. The standard InChI is InChI=1S/C50H89N3O7/c1-5-9-13-17-19-26-34-44(32-24-15-11-7-3)48(55)58-40-38-53(39-41-59-49(56)45(33-25-16-12-8-4)35-27-20-18-14-10-6-2)47(54)46(51)36-28-29-37-52-50(57)60-42-43-30-22-21-23-31-43/h21-23,30-31,44-46H,5-20,24-29,32-42,51H2,1-4H3,(H,52,57)/t44?,45?,46-/m0/s1. The first-order valence-corrected chi connectivity index (χ1v) is 24.6. The molecule has 0 aliphatic heterocycles. The summed E-state index contributed by atoms with van der Waals surface area (Å²) in [6.07, 6.45) is 27.5. The molecule has 1 aromatic rings. The molecule has 0 aliphatic carbocycles. The summed E-state index contributed by atoms with van der Waals surface area (Å²) in [5, 5.41) is 2.76. The molecule has 0 bridgehead atoms. The van der Waals surface area contributed by atoms with Gasteiger partial charge in [-0.1, -0.05) is 186 Å². The first-order chi connectivity index (χ1) is 29.3. The number of alkyl carbamates (subject to hydrolysis) is 1. The average Bonchev–Trinajstić information content (AvgIpc) is 3.25. The Bertz CT molecular complexity index is 1150. The number of hydrogen-bond donors (Lipinski definition) is 2. The molecule has 0 aromatic heterocycles. The number of unbranched alkanes of at least 4 members (excludes halogenated alkanes) is 17. The van der Waals surface area contributed by atoms with Crippen molar-refractivity contribution in [2.45, 2.75) is 214 Å². The number of rotatable bonds is 40. The number of carbonyl (C=O) groups excluding carboxylic acids is 4. The molecular formula is C50H89N3O7. The highest BCUT2D eigenvalue weighted by Crippen LogP contribution is 2.22. The lowest BCUT2D eigenvalue weighted by molar-refractivity contribution is -0.152. The van der Waals surface area contributed by atoms with Crippen LogP contribution < -0.4 is 11.1 Å². The fourth-order valence-electron chi connectivity index (χ4n) is 7.63. The summed E-state index contributed by atoms with van der Waals surface area (Å²) >= 11 is 0. The summed E-state index contributed by atoms with van der Waals surface area (Å²) in [5.74, 6) is -0.892. The maximum Gasteiger partial charge on any atom is 0.407 e. The van der Waals surface area contributed by atoms with E-state index < -0.39 is 12.1 Å². The SMILES string of the molecule is CCCCCCCCC(CCCCCC)C(=O)OCCN(CCOC(=O)C(CCCCCC)CCCCCCCC)C(=O)[C@@H](N)CCCCNC(=O)OCc1ccccc1. The van der Waals surface area contributed by atoms with Crippen LogP contribution in [0.3, 0.4) is 0 Å². The van der Waals surface area contributed by atoms with E-state index in [4.69, 9.17) is 19.9 Å². The minimum Gasteiger partial charge on any atom is -0.464 e. The van der Waals surface area contributed by atoms with Crippen LogP contribution in [-0.4, -0.2) is 67.7 Å². The van der Waals surface area contributed by atoms with Crippen LogP contribution in [0.4, 0.5) is 4.79 Å². The number of benzene rings is 1. The van der Waals surface area contributed by atoms with Crippen molar-refractivity contribution in [1.29, 1.82) is 0 Å². The molecular weight excluding hydrogens is 755 g/mol. The van der Waals surface area contributed by atoms with Crippen molar-refractivity contribution in [1.82, 2.24) is 10.2 Å². The van der Waals surface area contributed by atoms with Gasteiger partial charge in [0.05, 0.1) is 31.0 Å². The largest absolute Gasteiger partial charge is 0.464 e. The predicted molar refractivity (Wildman–Crippen MR) is 245 cm³/mol. The Balaban J connectivity index is 2.84. The number of esters is 2. The van der Waals surface area contributed by atoms with E-state index in [1.165, 1.54) is 51.4 Å². The van der Waals surface area contributed by atoms with E-state index in [0.29, 0.717) is 25.8 Å². The molecule has 60 heavy (non-hydrogen) atoms. The quantitative estimate of drug-likeness (QED) is 0.0378. The van der Waals surface area contributed by atoms with Gasteiger partial charge in [0.25, 0.3) is 0 Å². The van der Waals surface area contributed by atoms with Gasteiger partial charge in [-0.3, -0.25) is 14.4 Å². The lowest BCUT2D eigenvalue weighted by Crippen LogP contribution is -2.46. The first-order valence-electron chi connectivity index (χ1n) is 24.6. The van der Waals surface area contributed by atoms with E-state index in [-0.39, 0.29) is 62.6 Å². The monoisotopic (exact) mass is 844 g/mol. The Labute approximate surface area is 366 Å². The Hall–Kier alpha value is -3.14. The summed E-state index contributed by atoms with van der Waals surface area (Å²) in [7, 11) is 0. The van der Waals surface area contributed by atoms with Crippen LogP contribution in [0.25, 0.3) is 0 Å². The molecule has 0 heterocycles. The molecule has 0 spiro atoms. The van der Waals surface area contributed by atoms with Gasteiger partial charge in [-0.05, 0) is 50.5 Å². The third kappa shape index (κ3) is 29.2. The third-order valence-corrected chi connectivity index (χ3v) is 11.6. The average molecular weight is 844 g/mol. The van der Waals surface area contributed by atoms with Gasteiger partial charge in [-0.2, -0.15) is 0 Å². The van der Waals surface area contributed by atoms with Crippen molar-refractivity contribution < 1.29 is 33.4 Å². The summed E-state index contributed by atoms with van der Waals surface area (Å²) in [6, 6.07) is 8.73. The summed E-state index contributed by atoms with van der Waals surface area (Å²) in [6.45, 7) is 9.92. The Morgan fingerprint density at radius 3 is 1.38 bits per heavy atom. The molecule has 2 unspecified atom stereocenters. The van der Waals surface area contributed by atoms with Crippen LogP contribution in [0.5, 0.6) is 0 Å². The Kier molecular flexibility index (Phi) is 35.4. The Morgan fingerprint density at radius 1 is 0.533 bits per heavy atom. The summed E-state index contributed by atoms with van der Waals surface area (Å²) < 4.78 is 17.0. The fraction of sp³-hybridized carbons (Fsp3) is 0.800. The van der Waals surface area contributed by atoms with Gasteiger partial charge in [-0.15, -0.1) is 0 Å². The maximum absolute atomic E-state index is 13.8. The fourth-order valence-corrected chi connectivity index (χ4v) is 7.63. The highest BCUT2D eigenvalue weighted by atomic mass is 16.5. The smallest absolute Gasteiger partial charge is 0.407 e. The molecule has 10 heteroatoms. The highest BCUT2D eigenvalue weighted by Gasteiger charge is 2.25. The number of nitrogens with zero attached hydrogens (tertiary/aromatic N) is 1. The maximum atomic E-state index is 13.8. The number of ether oxygens (including phenoxy) is 3. The van der Waals surface area contributed by atoms with E-state index in [2.05, 4.69) is 33.0 Å².